The molecule has 0 bridgehead atoms. The quantitative estimate of drug-likeness (QED) is 0.597. The van der Waals surface area contributed by atoms with Crippen LogP contribution in [-0.2, 0) is 12.8 Å². The highest BCUT2D eigenvalue weighted by Crippen LogP contribution is 2.29. The Morgan fingerprint density at radius 1 is 0.654 bits per heavy atom. The molecule has 142 valence electrons. The van der Waals surface area contributed by atoms with Crippen LogP contribution in [0.4, 0.5) is 0 Å². The van der Waals surface area contributed by atoms with Gasteiger partial charge in [-0.05, 0) is 61.3 Å². The molecule has 0 aliphatic heterocycles. The molecule has 0 spiro atoms. The normalized spacial score (nSPS) is 10.5. The Bertz CT molecular complexity index is 632. The van der Waals surface area contributed by atoms with Crippen LogP contribution in [0.25, 0.3) is 0 Å². The van der Waals surface area contributed by atoms with Crippen molar-refractivity contribution in [3.05, 3.63) is 47.5 Å². The summed E-state index contributed by atoms with van der Waals surface area (Å²) in [5, 5.41) is 0. The molecule has 2 rings (SSSR count). The molecule has 4 N–H and O–H groups in total. The first-order chi connectivity index (χ1) is 12.7. The fourth-order valence-electron chi connectivity index (χ4n) is 2.61. The van der Waals surface area contributed by atoms with Crippen LogP contribution in [0.3, 0.4) is 0 Å². The number of benzene rings is 2. The highest BCUT2D eigenvalue weighted by atomic mass is 16.5. The molecule has 0 aliphatic carbocycles. The highest BCUT2D eigenvalue weighted by Gasteiger charge is 2.08. The molecule has 26 heavy (non-hydrogen) atoms. The summed E-state index contributed by atoms with van der Waals surface area (Å²) in [6.45, 7) is 1.98. The van der Waals surface area contributed by atoms with E-state index in [-0.39, 0.29) is 0 Å². The maximum Gasteiger partial charge on any atom is 0.161 e. The van der Waals surface area contributed by atoms with Crippen LogP contribution in [0.5, 0.6) is 23.0 Å². The Labute approximate surface area is 155 Å². The zero-order valence-electron chi connectivity index (χ0n) is 15.5. The van der Waals surface area contributed by atoms with Gasteiger partial charge in [0.25, 0.3) is 0 Å². The molecule has 0 aromatic heterocycles. The Morgan fingerprint density at radius 3 is 1.42 bits per heavy atom. The van der Waals surface area contributed by atoms with Crippen molar-refractivity contribution in [3.63, 3.8) is 0 Å². The zero-order valence-corrected chi connectivity index (χ0v) is 15.5. The minimum atomic E-state index is 0.389. The van der Waals surface area contributed by atoms with Gasteiger partial charge in [0, 0.05) is 0 Å². The highest BCUT2D eigenvalue weighted by molar-refractivity contribution is 5.44. The molecular weight excluding hydrogens is 332 g/mol. The summed E-state index contributed by atoms with van der Waals surface area (Å²) in [4.78, 5) is 0. The lowest BCUT2D eigenvalue weighted by Gasteiger charge is -2.14. The summed E-state index contributed by atoms with van der Waals surface area (Å²) in [6, 6.07) is 11.7. The number of ether oxygens (including phenoxy) is 4. The lowest BCUT2D eigenvalue weighted by atomic mass is 10.1. The molecule has 0 amide bonds. The standard InChI is InChI=1S/C20H28N2O4/c1-23-19-13-15(7-9-21)3-5-17(19)25-11-12-26-18-6-4-16(8-10-22)14-20(18)24-2/h3-6,13-14H,7-12,21-22H2,1-2H3. The van der Waals surface area contributed by atoms with E-state index in [0.29, 0.717) is 49.3 Å². The van der Waals surface area contributed by atoms with Crippen LogP contribution in [0, 0.1) is 0 Å². The fraction of sp³-hybridized carbons (Fsp3) is 0.400. The maximum absolute atomic E-state index is 5.78. The van der Waals surface area contributed by atoms with E-state index in [9.17, 15) is 0 Å². The summed E-state index contributed by atoms with van der Waals surface area (Å²) < 4.78 is 22.3. The van der Waals surface area contributed by atoms with Gasteiger partial charge >= 0.3 is 0 Å². The predicted molar refractivity (Wildman–Crippen MR) is 102 cm³/mol. The van der Waals surface area contributed by atoms with Gasteiger partial charge in [0.1, 0.15) is 13.2 Å². The third kappa shape index (κ3) is 5.54. The Balaban J connectivity index is 1.90. The third-order valence-corrected chi connectivity index (χ3v) is 3.92. The van der Waals surface area contributed by atoms with E-state index in [1.54, 1.807) is 14.2 Å². The summed E-state index contributed by atoms with van der Waals surface area (Å²) >= 11 is 0. The summed E-state index contributed by atoms with van der Waals surface area (Å²) in [6.07, 6.45) is 1.61. The fourth-order valence-corrected chi connectivity index (χ4v) is 2.61. The van der Waals surface area contributed by atoms with Gasteiger partial charge in [-0.25, -0.2) is 0 Å². The molecule has 0 atom stereocenters. The van der Waals surface area contributed by atoms with Gasteiger partial charge in [0.15, 0.2) is 23.0 Å². The second-order valence-corrected chi connectivity index (χ2v) is 5.74. The van der Waals surface area contributed by atoms with Gasteiger partial charge in [-0.3, -0.25) is 0 Å². The largest absolute Gasteiger partial charge is 0.493 e. The second-order valence-electron chi connectivity index (χ2n) is 5.74. The number of methoxy groups -OCH3 is 2. The van der Waals surface area contributed by atoms with Crippen LogP contribution >= 0.6 is 0 Å². The molecule has 0 radical (unpaired) electrons. The summed E-state index contributed by atoms with van der Waals surface area (Å²) in [5.41, 5.74) is 13.4. The van der Waals surface area contributed by atoms with Crippen molar-refractivity contribution in [1.29, 1.82) is 0 Å². The zero-order chi connectivity index (χ0) is 18.8. The van der Waals surface area contributed by atoms with E-state index in [1.807, 2.05) is 36.4 Å². The second kappa shape index (κ2) is 10.5. The molecular formula is C20H28N2O4. The van der Waals surface area contributed by atoms with Crippen LogP contribution in [0.15, 0.2) is 36.4 Å². The van der Waals surface area contributed by atoms with Gasteiger partial charge < -0.3 is 30.4 Å². The van der Waals surface area contributed by atoms with Crippen LogP contribution in [-0.4, -0.2) is 40.5 Å². The maximum atomic E-state index is 5.78. The lowest BCUT2D eigenvalue weighted by molar-refractivity contribution is 0.206. The van der Waals surface area contributed by atoms with E-state index in [4.69, 9.17) is 30.4 Å². The Hall–Kier alpha value is -2.44. The average molecular weight is 360 g/mol. The molecule has 2 aromatic carbocycles. The average Bonchev–Trinajstić information content (AvgIpc) is 2.67. The van der Waals surface area contributed by atoms with Crippen LogP contribution in [0.1, 0.15) is 11.1 Å². The predicted octanol–water partition coefficient (Wildman–Crippen LogP) is 2.16. The van der Waals surface area contributed by atoms with Crippen LogP contribution < -0.4 is 30.4 Å². The Kier molecular flexibility index (Phi) is 8.05. The molecule has 0 aliphatic rings. The number of rotatable bonds is 11. The van der Waals surface area contributed by atoms with E-state index in [1.165, 1.54) is 0 Å². The van der Waals surface area contributed by atoms with E-state index < -0.39 is 0 Å². The van der Waals surface area contributed by atoms with Crippen molar-refractivity contribution in [2.24, 2.45) is 11.5 Å². The molecule has 6 heteroatoms. The Morgan fingerprint density at radius 2 is 1.08 bits per heavy atom. The molecule has 2 aromatic rings. The van der Waals surface area contributed by atoms with Gasteiger partial charge in [0.05, 0.1) is 14.2 Å². The van der Waals surface area contributed by atoms with Gasteiger partial charge in [0.2, 0.25) is 0 Å². The SMILES string of the molecule is COc1cc(CCN)ccc1OCCOc1ccc(CCN)cc1OC. The number of hydrogen-bond acceptors (Lipinski definition) is 6. The first-order valence-electron chi connectivity index (χ1n) is 8.71. The van der Waals surface area contributed by atoms with Crippen molar-refractivity contribution in [2.75, 3.05) is 40.5 Å². The van der Waals surface area contributed by atoms with Crippen molar-refractivity contribution in [1.82, 2.24) is 0 Å². The first kappa shape index (κ1) is 19.9. The van der Waals surface area contributed by atoms with Crippen molar-refractivity contribution in [2.45, 2.75) is 12.8 Å². The van der Waals surface area contributed by atoms with Gasteiger partial charge in [-0.2, -0.15) is 0 Å². The molecule has 0 saturated carbocycles. The van der Waals surface area contributed by atoms with Crippen molar-refractivity contribution >= 4 is 0 Å². The van der Waals surface area contributed by atoms with Gasteiger partial charge in [-0.1, -0.05) is 12.1 Å². The smallest absolute Gasteiger partial charge is 0.161 e. The van der Waals surface area contributed by atoms with E-state index in [0.717, 1.165) is 24.0 Å². The minimum Gasteiger partial charge on any atom is -0.493 e. The number of nitrogens with two attached hydrogens (primary N) is 2. The van der Waals surface area contributed by atoms with Crippen LogP contribution in [0.2, 0.25) is 0 Å². The van der Waals surface area contributed by atoms with Gasteiger partial charge in [-0.15, -0.1) is 0 Å². The summed E-state index contributed by atoms with van der Waals surface area (Å²) in [7, 11) is 3.25. The van der Waals surface area contributed by atoms with Crippen molar-refractivity contribution < 1.29 is 18.9 Å². The molecule has 0 heterocycles. The minimum absolute atomic E-state index is 0.389. The molecule has 0 saturated heterocycles. The lowest BCUT2D eigenvalue weighted by Crippen LogP contribution is -2.11. The monoisotopic (exact) mass is 360 g/mol. The molecule has 0 unspecified atom stereocenters. The summed E-state index contributed by atoms with van der Waals surface area (Å²) in [5.74, 6) is 2.75. The molecule has 0 fully saturated rings. The molecule has 6 nitrogen and oxygen atoms in total. The van der Waals surface area contributed by atoms with E-state index in [2.05, 4.69) is 0 Å². The van der Waals surface area contributed by atoms with E-state index >= 15 is 0 Å². The van der Waals surface area contributed by atoms with Crippen molar-refractivity contribution in [3.8, 4) is 23.0 Å². The number of hydrogen-bond donors (Lipinski definition) is 2. The first-order valence-corrected chi connectivity index (χ1v) is 8.71. The topological polar surface area (TPSA) is 89.0 Å². The third-order valence-electron chi connectivity index (χ3n) is 3.92.